The molecule has 6 nitrogen and oxygen atoms in total. The summed E-state index contributed by atoms with van der Waals surface area (Å²) in [7, 11) is 0. The van der Waals surface area contributed by atoms with Crippen molar-refractivity contribution in [3.8, 4) is 62.5 Å². The lowest BCUT2D eigenvalue weighted by molar-refractivity contribution is 0.953. The third-order valence-corrected chi connectivity index (χ3v) is 14.3. The molecule has 8 aromatic carbocycles. The lowest BCUT2D eigenvalue weighted by Gasteiger charge is -2.11. The van der Waals surface area contributed by atoms with Crippen LogP contribution in [-0.2, 0) is 0 Å². The monoisotopic (exact) mass is 840 g/mol. The van der Waals surface area contributed by atoms with Gasteiger partial charge in [0.15, 0.2) is 17.5 Å². The van der Waals surface area contributed by atoms with Crippen LogP contribution < -0.4 is 0 Å². The molecule has 8 heteroatoms. The minimum atomic E-state index is 0.553. The number of hydrogen-bond donors (Lipinski definition) is 0. The molecular formula is C55H32N6S2. The van der Waals surface area contributed by atoms with Gasteiger partial charge in [-0.15, -0.1) is 22.7 Å². The molecule has 0 aliphatic heterocycles. The molecule has 13 aromatic rings. The highest BCUT2D eigenvalue weighted by Crippen LogP contribution is 2.44. The summed E-state index contributed by atoms with van der Waals surface area (Å²) < 4.78 is 7.01. The van der Waals surface area contributed by atoms with Crippen LogP contribution in [0.25, 0.3) is 125 Å². The van der Waals surface area contributed by atoms with Gasteiger partial charge in [-0.05, 0) is 53.6 Å². The van der Waals surface area contributed by atoms with Crippen LogP contribution in [0.3, 0.4) is 0 Å². The lowest BCUT2D eigenvalue weighted by atomic mass is 9.99. The normalized spacial score (nSPS) is 11.8. The molecule has 0 unspecified atom stereocenters. The maximum atomic E-state index is 5.47. The Morgan fingerprint density at radius 1 is 0.333 bits per heavy atom. The quantitative estimate of drug-likeness (QED) is 0.167. The van der Waals surface area contributed by atoms with Gasteiger partial charge in [-0.1, -0.05) is 152 Å². The lowest BCUT2D eigenvalue weighted by Crippen LogP contribution is -2.06. The minimum Gasteiger partial charge on any atom is -0.278 e. The highest BCUT2D eigenvalue weighted by Gasteiger charge is 2.21. The summed E-state index contributed by atoms with van der Waals surface area (Å²) in [5.41, 5.74) is 10.1. The van der Waals surface area contributed by atoms with E-state index < -0.39 is 0 Å². The molecule has 0 fully saturated rings. The van der Waals surface area contributed by atoms with Crippen LogP contribution >= 0.6 is 22.7 Å². The summed E-state index contributed by atoms with van der Waals surface area (Å²) in [6.07, 6.45) is 0. The number of nitrogens with zero attached hydrogens (tertiary/aromatic N) is 6. The number of para-hydroxylation sites is 1. The fourth-order valence-corrected chi connectivity index (χ4v) is 11.3. The molecule has 5 aromatic heterocycles. The minimum absolute atomic E-state index is 0.553. The van der Waals surface area contributed by atoms with Crippen LogP contribution in [-0.4, -0.2) is 29.5 Å². The first-order chi connectivity index (χ1) is 31.2. The van der Waals surface area contributed by atoms with E-state index >= 15 is 0 Å². The van der Waals surface area contributed by atoms with E-state index in [1.54, 1.807) is 11.3 Å². The average molecular weight is 841 g/mol. The number of benzene rings is 8. The van der Waals surface area contributed by atoms with Crippen LogP contribution in [0.4, 0.5) is 0 Å². The number of hydrogen-bond acceptors (Lipinski definition) is 7. The standard InChI is InChI=1S/C55H32N6S2/c1-3-15-33(16-4-1)52-58-53(34-17-5-2-6-18-34)60-55(59-52)61-44-26-10-7-21-39(44)43-32-37(29-30-45(43)61)54-56-48(51-49(57-54)42-23-9-12-28-47(42)63-51)36-20-13-19-35(31-36)38-24-14-25-41-40-22-8-11-27-46(40)62-50(38)41/h1-32H. The maximum Gasteiger partial charge on any atom is 0.238 e. The second-order valence-corrected chi connectivity index (χ2v) is 17.7. The first kappa shape index (κ1) is 35.8. The van der Waals surface area contributed by atoms with Crippen LogP contribution in [0.15, 0.2) is 194 Å². The number of aromatic nitrogens is 6. The second kappa shape index (κ2) is 14.3. The Hall–Kier alpha value is -7.91. The third-order valence-electron chi connectivity index (χ3n) is 11.9. The zero-order valence-corrected chi connectivity index (χ0v) is 35.1. The van der Waals surface area contributed by atoms with Gasteiger partial charge in [0, 0.05) is 63.3 Å². The van der Waals surface area contributed by atoms with Crippen LogP contribution in [0, 0.1) is 0 Å². The number of rotatable bonds is 6. The van der Waals surface area contributed by atoms with Crippen molar-refractivity contribution in [2.75, 3.05) is 0 Å². The SMILES string of the molecule is c1ccc(-c2nc(-c3ccccc3)nc(-n3c4ccccc4c4cc(-c5nc(-c6cccc(-c7cccc8c7sc7ccccc78)c6)c6sc7ccccc7c6n5)ccc43)n2)cc1. The van der Waals surface area contributed by atoms with E-state index in [-0.39, 0.29) is 0 Å². The van der Waals surface area contributed by atoms with Crippen molar-refractivity contribution in [1.82, 2.24) is 29.5 Å². The number of fused-ring (bicyclic) bond motifs is 9. The van der Waals surface area contributed by atoms with Crippen molar-refractivity contribution in [2.45, 2.75) is 0 Å². The molecule has 0 bridgehead atoms. The van der Waals surface area contributed by atoms with E-state index in [0.29, 0.717) is 23.4 Å². The van der Waals surface area contributed by atoms with Crippen molar-refractivity contribution in [2.24, 2.45) is 0 Å². The summed E-state index contributed by atoms with van der Waals surface area (Å²) in [4.78, 5) is 26.1. The fraction of sp³-hybridized carbons (Fsp3) is 0. The Morgan fingerprint density at radius 3 is 1.68 bits per heavy atom. The fourth-order valence-electron chi connectivity index (χ4n) is 8.95. The largest absolute Gasteiger partial charge is 0.278 e. The Kier molecular flexibility index (Phi) is 8.15. The first-order valence-electron chi connectivity index (χ1n) is 20.8. The van der Waals surface area contributed by atoms with Crippen molar-refractivity contribution >= 4 is 85.0 Å². The smallest absolute Gasteiger partial charge is 0.238 e. The summed E-state index contributed by atoms with van der Waals surface area (Å²) in [6.45, 7) is 0. The Labute approximate surface area is 369 Å². The molecule has 0 aliphatic carbocycles. The molecule has 0 atom stereocenters. The summed E-state index contributed by atoms with van der Waals surface area (Å²) in [5, 5.41) is 5.86. The molecule has 0 saturated heterocycles. The Morgan fingerprint density at radius 2 is 0.905 bits per heavy atom. The van der Waals surface area contributed by atoms with Gasteiger partial charge in [0.1, 0.15) is 0 Å². The second-order valence-electron chi connectivity index (χ2n) is 15.6. The van der Waals surface area contributed by atoms with Gasteiger partial charge in [-0.2, -0.15) is 9.97 Å². The predicted molar refractivity (Wildman–Crippen MR) is 263 cm³/mol. The van der Waals surface area contributed by atoms with Gasteiger partial charge in [0.25, 0.3) is 0 Å². The predicted octanol–water partition coefficient (Wildman–Crippen LogP) is 14.8. The zero-order valence-electron chi connectivity index (χ0n) is 33.5. The van der Waals surface area contributed by atoms with Gasteiger partial charge >= 0.3 is 0 Å². The van der Waals surface area contributed by atoms with Gasteiger partial charge in [-0.25, -0.2) is 15.0 Å². The maximum absolute atomic E-state index is 5.47. The molecule has 0 saturated carbocycles. The van der Waals surface area contributed by atoms with E-state index in [1.165, 1.54) is 30.4 Å². The van der Waals surface area contributed by atoms with Crippen LogP contribution in [0.1, 0.15) is 0 Å². The van der Waals surface area contributed by atoms with E-state index in [4.69, 9.17) is 24.9 Å². The average Bonchev–Trinajstić information content (AvgIpc) is 4.04. The van der Waals surface area contributed by atoms with E-state index in [0.717, 1.165) is 70.9 Å². The van der Waals surface area contributed by atoms with E-state index in [9.17, 15) is 0 Å². The van der Waals surface area contributed by atoms with Crippen molar-refractivity contribution in [3.05, 3.63) is 194 Å². The number of thiophene rings is 2. The highest BCUT2D eigenvalue weighted by molar-refractivity contribution is 7.26. The molecular weight excluding hydrogens is 809 g/mol. The summed E-state index contributed by atoms with van der Waals surface area (Å²) in [6, 6.07) is 67.9. The van der Waals surface area contributed by atoms with Gasteiger partial charge < -0.3 is 0 Å². The Bertz CT molecular complexity index is 3870. The van der Waals surface area contributed by atoms with E-state index in [2.05, 4.69) is 138 Å². The van der Waals surface area contributed by atoms with Crippen molar-refractivity contribution in [1.29, 1.82) is 0 Å². The molecule has 294 valence electrons. The van der Waals surface area contributed by atoms with Gasteiger partial charge in [0.2, 0.25) is 5.95 Å². The third kappa shape index (κ3) is 5.87. The molecule has 5 heterocycles. The zero-order chi connectivity index (χ0) is 41.4. The van der Waals surface area contributed by atoms with Crippen molar-refractivity contribution in [3.63, 3.8) is 0 Å². The molecule has 0 amide bonds. The molecule has 0 radical (unpaired) electrons. The van der Waals surface area contributed by atoms with Crippen LogP contribution in [0.5, 0.6) is 0 Å². The molecule has 63 heavy (non-hydrogen) atoms. The summed E-state index contributed by atoms with van der Waals surface area (Å²) >= 11 is 3.61. The van der Waals surface area contributed by atoms with Crippen LogP contribution in [0.2, 0.25) is 0 Å². The molecule has 0 N–H and O–H groups in total. The first-order valence-corrected chi connectivity index (χ1v) is 22.5. The summed E-state index contributed by atoms with van der Waals surface area (Å²) in [5.74, 6) is 2.46. The molecule has 0 spiro atoms. The van der Waals surface area contributed by atoms with Gasteiger partial charge in [0.05, 0.1) is 26.9 Å². The molecule has 0 aliphatic rings. The Balaban J connectivity index is 1.00. The topological polar surface area (TPSA) is 69.4 Å². The van der Waals surface area contributed by atoms with Gasteiger partial charge in [-0.3, -0.25) is 4.57 Å². The van der Waals surface area contributed by atoms with E-state index in [1.807, 2.05) is 72.0 Å². The molecule has 13 rings (SSSR count). The van der Waals surface area contributed by atoms with Crippen molar-refractivity contribution < 1.29 is 0 Å². The highest BCUT2D eigenvalue weighted by atomic mass is 32.1.